The van der Waals surface area contributed by atoms with Gasteiger partial charge < -0.3 is 25.1 Å². The van der Waals surface area contributed by atoms with Crippen LogP contribution >= 0.6 is 23.1 Å². The largest absolute Gasteiger partial charge is 0.412 e. The van der Waals surface area contributed by atoms with Crippen LogP contribution in [0.5, 0.6) is 0 Å². The van der Waals surface area contributed by atoms with E-state index in [0.717, 1.165) is 41.7 Å². The molecule has 56 heavy (non-hydrogen) atoms. The number of hydrogen-bond acceptors (Lipinski definition) is 17. The minimum Gasteiger partial charge on any atom is -0.412 e. The highest BCUT2D eigenvalue weighted by molar-refractivity contribution is 7.85. The van der Waals surface area contributed by atoms with E-state index in [9.17, 15) is 18.3 Å². The van der Waals surface area contributed by atoms with Crippen molar-refractivity contribution >= 4 is 69.3 Å². The molecule has 0 bridgehead atoms. The number of anilines is 4. The molecule has 0 saturated carbocycles. The van der Waals surface area contributed by atoms with Gasteiger partial charge >= 0.3 is 0 Å². The maximum atomic E-state index is 12.6. The quantitative estimate of drug-likeness (QED) is 0.0895. The van der Waals surface area contributed by atoms with Crippen LogP contribution in [0.2, 0.25) is 18.1 Å². The zero-order valence-corrected chi connectivity index (χ0v) is 35.7. The number of amides is 1. The van der Waals surface area contributed by atoms with E-state index >= 15 is 0 Å². The molecular weight excluding hydrogens is 793 g/mol. The minimum absolute atomic E-state index is 0.0616. The molecule has 1 amide bonds. The molecule has 3 N–H and O–H groups in total. The normalized spacial score (nSPS) is 13.9. The standard InChI is InChI=1S/C20H22N6O2S.C16H26N4O4S2Si/c27-13-16-6-7-18(24-20-21-14-22-29-20)23-17(16)12-25-8-10-26(11-9-25)19(28)15-4-2-1-3-5-15;1-16(2,3)27(5,6)24-9-12-7-8-14(20-15-17-11-18-25-15)19-13(12)10-23-26(4,21)22/h1-7,14,27H,8-13H2,(H,21,22,23,24);7-8,11H,9-10H2,1-6H3,(H,17,18,19,20). The van der Waals surface area contributed by atoms with E-state index in [1.165, 1.54) is 35.7 Å². The molecular formula is C36H48N10O6S3Si. The lowest BCUT2D eigenvalue weighted by Gasteiger charge is -2.36. The molecule has 16 nitrogen and oxygen atoms in total. The molecule has 0 aliphatic carbocycles. The number of hydrogen-bond donors (Lipinski definition) is 3. The van der Waals surface area contributed by atoms with E-state index in [1.807, 2.05) is 53.4 Å². The number of aliphatic hydroxyl groups excluding tert-OH is 1. The van der Waals surface area contributed by atoms with Crippen LogP contribution in [0.4, 0.5) is 21.9 Å². The van der Waals surface area contributed by atoms with Crippen LogP contribution in [-0.2, 0) is 45.1 Å². The number of benzene rings is 1. The summed E-state index contributed by atoms with van der Waals surface area (Å²) in [5, 5.41) is 17.2. The van der Waals surface area contributed by atoms with Crippen LogP contribution in [0, 0.1) is 0 Å². The molecule has 1 aliphatic heterocycles. The fourth-order valence-corrected chi connectivity index (χ4v) is 7.29. The van der Waals surface area contributed by atoms with Crippen LogP contribution in [0.25, 0.3) is 0 Å². The summed E-state index contributed by atoms with van der Waals surface area (Å²) in [7, 11) is -5.54. The molecule has 1 saturated heterocycles. The first-order valence-corrected chi connectivity index (χ1v) is 24.1. The van der Waals surface area contributed by atoms with Crippen LogP contribution in [-0.4, -0.2) is 98.7 Å². The Balaban J connectivity index is 0.000000215. The molecule has 5 aromatic rings. The summed E-state index contributed by atoms with van der Waals surface area (Å²) in [5.41, 5.74) is 3.65. The topological polar surface area (TPSA) is 198 Å². The molecule has 5 heterocycles. The Bertz CT molecular complexity index is 2110. The molecule has 1 fully saturated rings. The SMILES string of the molecule is CC(C)(C)[Si](C)(C)OCc1ccc(Nc2ncns2)nc1COS(C)(=O)=O.O=C(c1ccccc1)N1CCN(Cc2nc(Nc3ncns3)ccc2CO)CC1. The number of carbonyl (C=O) groups excluding carboxylic acids is 1. The smallest absolute Gasteiger partial charge is 0.264 e. The second kappa shape index (κ2) is 19.2. The number of aromatic nitrogens is 6. The summed E-state index contributed by atoms with van der Waals surface area (Å²) in [6.07, 6.45) is 3.95. The van der Waals surface area contributed by atoms with E-state index in [4.69, 9.17) is 8.61 Å². The number of piperazine rings is 1. The predicted octanol–water partition coefficient (Wildman–Crippen LogP) is 5.80. The minimum atomic E-state index is -3.58. The summed E-state index contributed by atoms with van der Waals surface area (Å²) in [6, 6.07) is 16.7. The lowest BCUT2D eigenvalue weighted by atomic mass is 10.1. The third kappa shape index (κ3) is 12.6. The Morgan fingerprint density at radius 1 is 0.839 bits per heavy atom. The average molecular weight is 841 g/mol. The van der Waals surface area contributed by atoms with Crippen molar-refractivity contribution in [2.45, 2.75) is 65.3 Å². The van der Waals surface area contributed by atoms with E-state index in [-0.39, 0.29) is 24.2 Å². The first-order chi connectivity index (χ1) is 26.6. The van der Waals surface area contributed by atoms with E-state index in [2.05, 4.69) is 78.1 Å². The Morgan fingerprint density at radius 2 is 1.41 bits per heavy atom. The Hall–Kier alpha value is -4.28. The average Bonchev–Trinajstić information content (AvgIpc) is 3.89. The highest BCUT2D eigenvalue weighted by Crippen LogP contribution is 2.37. The Kier molecular flexibility index (Phi) is 14.7. The lowest BCUT2D eigenvalue weighted by Crippen LogP contribution is -2.48. The zero-order valence-electron chi connectivity index (χ0n) is 32.3. The number of nitrogens with one attached hydrogen (secondary N) is 2. The highest BCUT2D eigenvalue weighted by Gasteiger charge is 2.37. The van der Waals surface area contributed by atoms with Gasteiger partial charge in [-0.2, -0.15) is 17.2 Å². The molecule has 300 valence electrons. The van der Waals surface area contributed by atoms with Crippen molar-refractivity contribution in [1.82, 2.24) is 38.5 Å². The zero-order chi connectivity index (χ0) is 40.3. The van der Waals surface area contributed by atoms with Crippen LogP contribution in [0.15, 0.2) is 67.3 Å². The summed E-state index contributed by atoms with van der Waals surface area (Å²) in [5.74, 6) is 1.28. The third-order valence-electron chi connectivity index (χ3n) is 9.36. The van der Waals surface area contributed by atoms with Gasteiger partial charge in [-0.1, -0.05) is 51.1 Å². The van der Waals surface area contributed by atoms with Crippen LogP contribution in [0.1, 0.15) is 53.6 Å². The second-order valence-electron chi connectivity index (χ2n) is 14.5. The number of aliphatic hydroxyl groups is 1. The van der Waals surface area contributed by atoms with E-state index in [0.29, 0.717) is 53.8 Å². The van der Waals surface area contributed by atoms with Crippen LogP contribution in [0.3, 0.4) is 0 Å². The van der Waals surface area contributed by atoms with Gasteiger partial charge in [0, 0.05) is 72.5 Å². The second-order valence-corrected chi connectivity index (χ2v) is 22.5. The van der Waals surface area contributed by atoms with Gasteiger partial charge in [0.1, 0.15) is 30.9 Å². The summed E-state index contributed by atoms with van der Waals surface area (Å²) >= 11 is 2.46. The van der Waals surface area contributed by atoms with Crippen molar-refractivity contribution in [2.75, 3.05) is 43.1 Å². The van der Waals surface area contributed by atoms with Crippen molar-refractivity contribution in [3.05, 3.63) is 95.3 Å². The molecule has 1 aliphatic rings. The summed E-state index contributed by atoms with van der Waals surface area (Å²) in [4.78, 5) is 34.1. The fraction of sp³-hybridized carbons (Fsp3) is 0.417. The summed E-state index contributed by atoms with van der Waals surface area (Å²) in [6.45, 7) is 14.5. The Labute approximate surface area is 337 Å². The van der Waals surface area contributed by atoms with Gasteiger partial charge in [-0.25, -0.2) is 19.9 Å². The van der Waals surface area contributed by atoms with Gasteiger partial charge in [-0.3, -0.25) is 13.9 Å². The molecule has 0 spiro atoms. The van der Waals surface area contributed by atoms with E-state index in [1.54, 1.807) is 6.07 Å². The molecule has 0 radical (unpaired) electrons. The van der Waals surface area contributed by atoms with Crippen molar-refractivity contribution in [1.29, 1.82) is 0 Å². The molecule has 20 heteroatoms. The third-order valence-corrected chi connectivity index (χ3v) is 15.5. The monoisotopic (exact) mass is 840 g/mol. The maximum absolute atomic E-state index is 12.6. The molecule has 6 rings (SSSR count). The van der Waals surface area contributed by atoms with Crippen molar-refractivity contribution in [3.8, 4) is 0 Å². The number of rotatable bonds is 14. The van der Waals surface area contributed by atoms with Gasteiger partial charge in [0.15, 0.2) is 8.32 Å². The van der Waals surface area contributed by atoms with Gasteiger partial charge in [-0.15, -0.1) is 0 Å². The van der Waals surface area contributed by atoms with Crippen molar-refractivity contribution in [2.24, 2.45) is 0 Å². The van der Waals surface area contributed by atoms with Crippen LogP contribution < -0.4 is 10.6 Å². The molecule has 0 unspecified atom stereocenters. The Morgan fingerprint density at radius 3 is 1.93 bits per heavy atom. The van der Waals surface area contributed by atoms with E-state index < -0.39 is 18.4 Å². The molecule has 4 aromatic heterocycles. The number of pyridine rings is 2. The van der Waals surface area contributed by atoms with Gasteiger partial charge in [-0.05, 0) is 42.4 Å². The molecule has 0 atom stereocenters. The first kappa shape index (κ1) is 42.9. The summed E-state index contributed by atoms with van der Waals surface area (Å²) < 4.78 is 41.9. The number of nitrogens with zero attached hydrogens (tertiary/aromatic N) is 8. The van der Waals surface area contributed by atoms with Gasteiger partial charge in [0.2, 0.25) is 10.3 Å². The number of carbonyl (C=O) groups is 1. The lowest BCUT2D eigenvalue weighted by molar-refractivity contribution is 0.0626. The van der Waals surface area contributed by atoms with Crippen molar-refractivity contribution in [3.63, 3.8) is 0 Å². The highest BCUT2D eigenvalue weighted by atomic mass is 32.2. The van der Waals surface area contributed by atoms with Gasteiger partial charge in [0.05, 0.1) is 30.9 Å². The van der Waals surface area contributed by atoms with Crippen molar-refractivity contribution < 1.29 is 26.9 Å². The predicted molar refractivity (Wildman–Crippen MR) is 220 cm³/mol. The maximum Gasteiger partial charge on any atom is 0.264 e. The fourth-order valence-electron chi connectivity index (χ4n) is 5.13. The van der Waals surface area contributed by atoms with Gasteiger partial charge in [0.25, 0.3) is 16.0 Å². The molecule has 1 aromatic carbocycles. The first-order valence-electron chi connectivity index (χ1n) is 17.8.